The molecule has 0 fully saturated rings. The number of aliphatic hydroxyl groups is 1. The van der Waals surface area contributed by atoms with E-state index in [9.17, 15) is 9.90 Å². The molecule has 4 aromatic rings. The fraction of sp³-hybridized carbons (Fsp3) is 0.240. The molecule has 2 aromatic carbocycles. The molecule has 0 spiro atoms. The first-order valence-corrected chi connectivity index (χ1v) is 10.7. The summed E-state index contributed by atoms with van der Waals surface area (Å²) in [6.45, 7) is 5.38. The highest BCUT2D eigenvalue weighted by atomic mass is 16.3. The molecule has 1 atom stereocenters. The lowest BCUT2D eigenvalue weighted by molar-refractivity contribution is 0.209. The van der Waals surface area contributed by atoms with Crippen LogP contribution in [-0.2, 0) is 6.54 Å². The van der Waals surface area contributed by atoms with Crippen molar-refractivity contribution in [1.29, 1.82) is 0 Å². The van der Waals surface area contributed by atoms with Crippen LogP contribution in [0.5, 0.6) is 0 Å². The first-order chi connectivity index (χ1) is 15.5. The number of nitrogens with one attached hydrogen (secondary N) is 1. The van der Waals surface area contributed by atoms with Gasteiger partial charge >= 0.3 is 0 Å². The van der Waals surface area contributed by atoms with Crippen molar-refractivity contribution in [2.75, 3.05) is 18.5 Å². The van der Waals surface area contributed by atoms with Gasteiger partial charge < -0.3 is 10.4 Å². The minimum absolute atomic E-state index is 0.0926. The van der Waals surface area contributed by atoms with Gasteiger partial charge in [-0.1, -0.05) is 48.0 Å². The van der Waals surface area contributed by atoms with Crippen molar-refractivity contribution in [3.8, 4) is 28.2 Å². The second-order valence-corrected chi connectivity index (χ2v) is 8.30. The topological polar surface area (TPSA) is 85.0 Å². The van der Waals surface area contributed by atoms with Crippen molar-refractivity contribution >= 4 is 5.82 Å². The highest BCUT2D eigenvalue weighted by Gasteiger charge is 2.27. The van der Waals surface area contributed by atoms with E-state index in [2.05, 4.69) is 24.4 Å². The number of para-hydroxylation sites is 1. The van der Waals surface area contributed by atoms with Crippen molar-refractivity contribution in [3.63, 3.8) is 0 Å². The molecule has 7 heteroatoms. The van der Waals surface area contributed by atoms with E-state index in [0.29, 0.717) is 18.8 Å². The molecular weight excluding hydrogens is 402 g/mol. The zero-order valence-electron chi connectivity index (χ0n) is 18.1. The zero-order chi connectivity index (χ0) is 22.2. The quantitative estimate of drug-likeness (QED) is 0.521. The minimum Gasteiger partial charge on any atom is -0.396 e. The van der Waals surface area contributed by atoms with Gasteiger partial charge in [0.05, 0.1) is 16.9 Å². The number of anilines is 1. The maximum absolute atomic E-state index is 12.7. The number of aryl methyl sites for hydroxylation is 2. The van der Waals surface area contributed by atoms with Gasteiger partial charge in [0, 0.05) is 37.2 Å². The van der Waals surface area contributed by atoms with Crippen LogP contribution in [0, 0.1) is 19.8 Å². The predicted octanol–water partition coefficient (Wildman–Crippen LogP) is 3.41. The molecular formula is C25H25N5O2. The first-order valence-electron chi connectivity index (χ1n) is 10.7. The molecule has 0 saturated carbocycles. The number of nitrogens with zero attached hydrogens (tertiary/aromatic N) is 4. The van der Waals surface area contributed by atoms with Gasteiger partial charge in [-0.15, -0.1) is 0 Å². The largest absolute Gasteiger partial charge is 0.396 e. The second-order valence-electron chi connectivity index (χ2n) is 8.30. The Labute approximate surface area is 186 Å². The Bertz CT molecular complexity index is 1340. The molecule has 0 amide bonds. The molecule has 0 radical (unpaired) electrons. The maximum Gasteiger partial charge on any atom is 0.271 e. The van der Waals surface area contributed by atoms with Gasteiger partial charge in [-0.2, -0.15) is 14.9 Å². The van der Waals surface area contributed by atoms with Gasteiger partial charge in [-0.3, -0.25) is 4.79 Å². The molecule has 0 aliphatic carbocycles. The first kappa shape index (κ1) is 20.2. The molecule has 3 heterocycles. The minimum atomic E-state index is -0.186. The number of hydrogen-bond donors (Lipinski definition) is 2. The molecule has 162 valence electrons. The lowest BCUT2D eigenvalue weighted by Gasteiger charge is -2.24. The Morgan fingerprint density at radius 2 is 1.81 bits per heavy atom. The molecule has 5 rings (SSSR count). The highest BCUT2D eigenvalue weighted by Crippen LogP contribution is 2.38. The summed E-state index contributed by atoms with van der Waals surface area (Å²) in [4.78, 5) is 12.7. The van der Waals surface area contributed by atoms with E-state index >= 15 is 0 Å². The molecule has 32 heavy (non-hydrogen) atoms. The highest BCUT2D eigenvalue weighted by molar-refractivity contribution is 5.87. The molecule has 2 N–H and O–H groups in total. The number of hydrogen-bond acceptors (Lipinski definition) is 5. The molecule has 7 nitrogen and oxygen atoms in total. The predicted molar refractivity (Wildman–Crippen MR) is 125 cm³/mol. The van der Waals surface area contributed by atoms with E-state index in [1.807, 2.05) is 48.0 Å². The van der Waals surface area contributed by atoms with Crippen LogP contribution in [0.1, 0.15) is 11.1 Å². The molecule has 0 unspecified atom stereocenters. The van der Waals surface area contributed by atoms with E-state index in [0.717, 1.165) is 33.9 Å². The van der Waals surface area contributed by atoms with E-state index in [1.165, 1.54) is 10.2 Å². The van der Waals surface area contributed by atoms with Gasteiger partial charge in [0.25, 0.3) is 5.56 Å². The average molecular weight is 428 g/mol. The number of fused-ring (bicyclic) bond motifs is 1. The SMILES string of the molecule is Cc1ccc(-c2nn3c(c2-c2ccc(=O)n(-c4ccccc4C)n2)NC[C@@H](CO)C3)cc1. The summed E-state index contributed by atoms with van der Waals surface area (Å²) < 4.78 is 3.35. The van der Waals surface area contributed by atoms with Crippen LogP contribution in [0.4, 0.5) is 5.82 Å². The van der Waals surface area contributed by atoms with E-state index < -0.39 is 0 Å². The van der Waals surface area contributed by atoms with E-state index in [4.69, 9.17) is 10.2 Å². The number of benzene rings is 2. The standard InChI is InChI=1S/C25H25N5O2/c1-16-7-9-19(10-8-16)24-23(25-26-13-18(15-31)14-29(25)28-24)20-11-12-22(32)30(27-20)21-6-4-3-5-17(21)2/h3-12,18,26,31H,13-15H2,1-2H3/t18-/m1/s1. The molecule has 1 aliphatic rings. The van der Waals surface area contributed by atoms with Crippen LogP contribution in [0.2, 0.25) is 0 Å². The Morgan fingerprint density at radius 3 is 2.56 bits per heavy atom. The summed E-state index contributed by atoms with van der Waals surface area (Å²) >= 11 is 0. The van der Waals surface area contributed by atoms with Crippen LogP contribution in [-0.4, -0.2) is 37.8 Å². The average Bonchev–Trinajstić information content (AvgIpc) is 3.19. The fourth-order valence-electron chi connectivity index (χ4n) is 4.12. The third-order valence-electron chi connectivity index (χ3n) is 5.93. The summed E-state index contributed by atoms with van der Waals surface area (Å²) in [5, 5.41) is 22.7. The van der Waals surface area contributed by atoms with Crippen LogP contribution in [0.15, 0.2) is 65.5 Å². The third kappa shape index (κ3) is 3.50. The fourth-order valence-corrected chi connectivity index (χ4v) is 4.12. The maximum atomic E-state index is 12.7. The van der Waals surface area contributed by atoms with Gasteiger partial charge in [-0.05, 0) is 31.5 Å². The number of aromatic nitrogens is 4. The van der Waals surface area contributed by atoms with Gasteiger partial charge in [0.1, 0.15) is 11.5 Å². The third-order valence-corrected chi connectivity index (χ3v) is 5.93. The monoisotopic (exact) mass is 427 g/mol. The Morgan fingerprint density at radius 1 is 1.03 bits per heavy atom. The summed E-state index contributed by atoms with van der Waals surface area (Å²) in [6, 6.07) is 19.2. The van der Waals surface area contributed by atoms with E-state index in [1.54, 1.807) is 12.1 Å². The van der Waals surface area contributed by atoms with Crippen LogP contribution in [0.3, 0.4) is 0 Å². The van der Waals surface area contributed by atoms with Gasteiger partial charge in [-0.25, -0.2) is 4.68 Å². The van der Waals surface area contributed by atoms with Crippen molar-refractivity contribution in [2.45, 2.75) is 20.4 Å². The van der Waals surface area contributed by atoms with Crippen LogP contribution < -0.4 is 10.9 Å². The van der Waals surface area contributed by atoms with Crippen molar-refractivity contribution in [1.82, 2.24) is 19.6 Å². The summed E-state index contributed by atoms with van der Waals surface area (Å²) in [6.07, 6.45) is 0. The molecule has 0 saturated heterocycles. The van der Waals surface area contributed by atoms with Crippen LogP contribution >= 0.6 is 0 Å². The Kier molecular flexibility index (Phi) is 5.11. The summed E-state index contributed by atoms with van der Waals surface area (Å²) in [5.74, 6) is 0.947. The molecule has 2 aromatic heterocycles. The Balaban J connectivity index is 1.72. The van der Waals surface area contributed by atoms with E-state index in [-0.39, 0.29) is 18.1 Å². The van der Waals surface area contributed by atoms with Gasteiger partial charge in [0.15, 0.2) is 0 Å². The molecule has 0 bridgehead atoms. The molecule has 1 aliphatic heterocycles. The smallest absolute Gasteiger partial charge is 0.271 e. The lowest BCUT2D eigenvalue weighted by atomic mass is 10.0. The summed E-state index contributed by atoms with van der Waals surface area (Å²) in [7, 11) is 0. The second kappa shape index (κ2) is 8.09. The van der Waals surface area contributed by atoms with Crippen LogP contribution in [0.25, 0.3) is 28.2 Å². The zero-order valence-corrected chi connectivity index (χ0v) is 18.1. The van der Waals surface area contributed by atoms with Crippen molar-refractivity contribution in [2.24, 2.45) is 5.92 Å². The van der Waals surface area contributed by atoms with Gasteiger partial charge in [0.2, 0.25) is 0 Å². The number of rotatable bonds is 4. The van der Waals surface area contributed by atoms with Crippen molar-refractivity contribution < 1.29 is 5.11 Å². The normalized spacial score (nSPS) is 15.3. The van der Waals surface area contributed by atoms with Crippen molar-refractivity contribution in [3.05, 3.63) is 82.1 Å². The lowest BCUT2D eigenvalue weighted by Crippen LogP contribution is -2.30. The Hall–Kier alpha value is -3.71. The summed E-state index contributed by atoms with van der Waals surface area (Å²) in [5.41, 5.74) is 6.01. The number of aliphatic hydroxyl groups excluding tert-OH is 1.